The van der Waals surface area contributed by atoms with Crippen molar-refractivity contribution < 1.29 is 17.7 Å². The van der Waals surface area contributed by atoms with Crippen LogP contribution in [0, 0.1) is 0 Å². The standard InChI is InChI=1S/C14H18N6O4S/c1-25(22,23)20-6-3-10(4-7-20)13-18-12(24-19-13)8-16-14(21)11-2-5-15-9-17-11/h2,5,9-10H,3-4,6-8H2,1H3,(H,16,21). The summed E-state index contributed by atoms with van der Waals surface area (Å²) in [6, 6.07) is 1.50. The Morgan fingerprint density at radius 1 is 1.40 bits per heavy atom. The van der Waals surface area contributed by atoms with Crippen LogP contribution in [0.25, 0.3) is 0 Å². The molecule has 11 heteroatoms. The topological polar surface area (TPSA) is 131 Å². The molecule has 1 saturated heterocycles. The van der Waals surface area contributed by atoms with Gasteiger partial charge in [0.15, 0.2) is 5.82 Å². The smallest absolute Gasteiger partial charge is 0.270 e. The first-order valence-corrected chi connectivity index (χ1v) is 9.60. The van der Waals surface area contributed by atoms with Crippen LogP contribution in [0.1, 0.15) is 41.0 Å². The van der Waals surface area contributed by atoms with Gasteiger partial charge in [0.1, 0.15) is 12.0 Å². The van der Waals surface area contributed by atoms with Gasteiger partial charge in [-0.2, -0.15) is 4.98 Å². The number of hydrogen-bond acceptors (Lipinski definition) is 8. The average molecular weight is 366 g/mol. The van der Waals surface area contributed by atoms with Gasteiger partial charge < -0.3 is 9.84 Å². The first kappa shape index (κ1) is 17.4. The number of carbonyl (C=O) groups is 1. The van der Waals surface area contributed by atoms with Gasteiger partial charge in [0.25, 0.3) is 5.91 Å². The number of aromatic nitrogens is 4. The van der Waals surface area contributed by atoms with Gasteiger partial charge in [-0.15, -0.1) is 0 Å². The molecule has 0 bridgehead atoms. The fourth-order valence-corrected chi connectivity index (χ4v) is 3.50. The third-order valence-corrected chi connectivity index (χ3v) is 5.29. The quantitative estimate of drug-likeness (QED) is 0.778. The molecule has 25 heavy (non-hydrogen) atoms. The summed E-state index contributed by atoms with van der Waals surface area (Å²) in [4.78, 5) is 23.8. The second-order valence-electron chi connectivity index (χ2n) is 5.76. The first-order chi connectivity index (χ1) is 11.9. The van der Waals surface area contributed by atoms with Crippen LogP contribution in [0.3, 0.4) is 0 Å². The molecule has 0 unspecified atom stereocenters. The second kappa shape index (κ2) is 7.23. The van der Waals surface area contributed by atoms with E-state index < -0.39 is 10.0 Å². The number of nitrogens with one attached hydrogen (secondary N) is 1. The zero-order valence-electron chi connectivity index (χ0n) is 13.6. The van der Waals surface area contributed by atoms with Gasteiger partial charge in [0.2, 0.25) is 15.9 Å². The molecule has 0 saturated carbocycles. The molecule has 0 aromatic carbocycles. The van der Waals surface area contributed by atoms with Gasteiger partial charge in [-0.3, -0.25) is 4.79 Å². The van der Waals surface area contributed by atoms with Crippen molar-refractivity contribution >= 4 is 15.9 Å². The summed E-state index contributed by atoms with van der Waals surface area (Å²) in [7, 11) is -3.16. The third-order valence-electron chi connectivity index (χ3n) is 3.99. The normalized spacial score (nSPS) is 16.7. The molecule has 10 nitrogen and oxygen atoms in total. The number of hydrogen-bond donors (Lipinski definition) is 1. The van der Waals surface area contributed by atoms with Crippen molar-refractivity contribution in [3.8, 4) is 0 Å². The van der Waals surface area contributed by atoms with Crippen LogP contribution < -0.4 is 5.32 Å². The van der Waals surface area contributed by atoms with Gasteiger partial charge in [-0.05, 0) is 18.9 Å². The maximum atomic E-state index is 11.9. The number of amides is 1. The molecule has 3 heterocycles. The Labute approximate surface area is 144 Å². The Hall–Kier alpha value is -2.40. The molecule has 1 aliphatic rings. The van der Waals surface area contributed by atoms with E-state index in [4.69, 9.17) is 4.52 Å². The molecule has 134 valence electrons. The Morgan fingerprint density at radius 3 is 2.80 bits per heavy atom. The summed E-state index contributed by atoms with van der Waals surface area (Å²) < 4.78 is 29.7. The molecule has 1 amide bonds. The molecular weight excluding hydrogens is 348 g/mol. The van der Waals surface area contributed by atoms with Crippen molar-refractivity contribution in [3.05, 3.63) is 36.0 Å². The summed E-state index contributed by atoms with van der Waals surface area (Å²) in [6.45, 7) is 0.980. The van der Waals surface area contributed by atoms with E-state index in [0.29, 0.717) is 37.6 Å². The van der Waals surface area contributed by atoms with E-state index in [1.165, 1.54) is 29.2 Å². The highest BCUT2D eigenvalue weighted by Gasteiger charge is 2.28. The second-order valence-corrected chi connectivity index (χ2v) is 7.74. The summed E-state index contributed by atoms with van der Waals surface area (Å²) >= 11 is 0. The van der Waals surface area contributed by atoms with Crippen molar-refractivity contribution in [2.24, 2.45) is 0 Å². The lowest BCUT2D eigenvalue weighted by Crippen LogP contribution is -2.37. The largest absolute Gasteiger partial charge is 0.342 e. The number of carbonyl (C=O) groups excluding carboxylic acids is 1. The van der Waals surface area contributed by atoms with E-state index >= 15 is 0 Å². The Bertz CT molecular complexity index is 830. The van der Waals surface area contributed by atoms with E-state index in [1.54, 1.807) is 0 Å². The maximum absolute atomic E-state index is 11.9. The third kappa shape index (κ3) is 4.37. The summed E-state index contributed by atoms with van der Waals surface area (Å²) in [5.74, 6) is 0.527. The Balaban J connectivity index is 1.54. The van der Waals surface area contributed by atoms with Crippen LogP contribution in [0.15, 0.2) is 23.1 Å². The van der Waals surface area contributed by atoms with E-state index in [1.807, 2.05) is 0 Å². The van der Waals surface area contributed by atoms with Crippen LogP contribution in [-0.2, 0) is 16.6 Å². The highest BCUT2D eigenvalue weighted by atomic mass is 32.2. The average Bonchev–Trinajstić information content (AvgIpc) is 3.09. The zero-order valence-corrected chi connectivity index (χ0v) is 14.4. The summed E-state index contributed by atoms with van der Waals surface area (Å²) in [6.07, 6.45) is 5.26. The highest BCUT2D eigenvalue weighted by molar-refractivity contribution is 7.88. The van der Waals surface area contributed by atoms with Gasteiger partial charge in [0, 0.05) is 25.2 Å². The molecular formula is C14H18N6O4S. The van der Waals surface area contributed by atoms with E-state index in [2.05, 4.69) is 25.4 Å². The zero-order chi connectivity index (χ0) is 17.9. The molecule has 2 aromatic rings. The van der Waals surface area contributed by atoms with Gasteiger partial charge in [0.05, 0.1) is 12.8 Å². The Morgan fingerprint density at radius 2 is 2.16 bits per heavy atom. The van der Waals surface area contributed by atoms with Gasteiger partial charge in [-0.25, -0.2) is 22.7 Å². The number of piperidine rings is 1. The van der Waals surface area contributed by atoms with Crippen LogP contribution in [0.5, 0.6) is 0 Å². The maximum Gasteiger partial charge on any atom is 0.270 e. The summed E-state index contributed by atoms with van der Waals surface area (Å²) in [5.41, 5.74) is 0.253. The van der Waals surface area contributed by atoms with Crippen LogP contribution >= 0.6 is 0 Å². The van der Waals surface area contributed by atoms with Crippen molar-refractivity contribution in [1.82, 2.24) is 29.7 Å². The number of nitrogens with zero attached hydrogens (tertiary/aromatic N) is 5. The molecule has 1 N–H and O–H groups in total. The van der Waals surface area contributed by atoms with Crippen molar-refractivity contribution in [1.29, 1.82) is 0 Å². The lowest BCUT2D eigenvalue weighted by Gasteiger charge is -2.28. The van der Waals surface area contributed by atoms with Crippen LogP contribution in [0.2, 0.25) is 0 Å². The lowest BCUT2D eigenvalue weighted by atomic mass is 9.98. The molecule has 0 aliphatic carbocycles. The highest BCUT2D eigenvalue weighted by Crippen LogP contribution is 2.26. The minimum atomic E-state index is -3.16. The predicted molar refractivity (Wildman–Crippen MR) is 85.9 cm³/mol. The molecule has 3 rings (SSSR count). The van der Waals surface area contributed by atoms with Gasteiger partial charge >= 0.3 is 0 Å². The molecule has 1 fully saturated rings. The monoisotopic (exact) mass is 366 g/mol. The van der Waals surface area contributed by atoms with Gasteiger partial charge in [-0.1, -0.05) is 5.16 Å². The van der Waals surface area contributed by atoms with Crippen LogP contribution in [-0.4, -0.2) is 58.1 Å². The minimum Gasteiger partial charge on any atom is -0.342 e. The van der Waals surface area contributed by atoms with E-state index in [0.717, 1.165) is 0 Å². The van der Waals surface area contributed by atoms with Crippen LogP contribution in [0.4, 0.5) is 0 Å². The summed E-state index contributed by atoms with van der Waals surface area (Å²) in [5, 5.41) is 6.59. The fourth-order valence-electron chi connectivity index (χ4n) is 2.62. The molecule has 1 aliphatic heterocycles. The van der Waals surface area contributed by atoms with Crippen molar-refractivity contribution in [2.45, 2.75) is 25.3 Å². The molecule has 0 radical (unpaired) electrons. The minimum absolute atomic E-state index is 0.0491. The number of rotatable bonds is 5. The first-order valence-electron chi connectivity index (χ1n) is 7.75. The molecule has 2 aromatic heterocycles. The Kier molecular flexibility index (Phi) is 5.04. The predicted octanol–water partition coefficient (Wildman–Crippen LogP) is -0.0714. The van der Waals surface area contributed by atoms with E-state index in [9.17, 15) is 13.2 Å². The van der Waals surface area contributed by atoms with Crippen molar-refractivity contribution in [3.63, 3.8) is 0 Å². The fraction of sp³-hybridized carbons (Fsp3) is 0.500. The molecule has 0 spiro atoms. The lowest BCUT2D eigenvalue weighted by molar-refractivity contribution is 0.0941. The molecule has 0 atom stereocenters. The van der Waals surface area contributed by atoms with E-state index in [-0.39, 0.29) is 24.1 Å². The SMILES string of the molecule is CS(=O)(=O)N1CCC(c2noc(CNC(=O)c3ccncn3)n2)CC1. The van der Waals surface area contributed by atoms with Crippen molar-refractivity contribution in [2.75, 3.05) is 19.3 Å². The number of sulfonamides is 1.